The van der Waals surface area contributed by atoms with Gasteiger partial charge < -0.3 is 14.9 Å². The summed E-state index contributed by atoms with van der Waals surface area (Å²) in [5.74, 6) is 0.748. The first kappa shape index (κ1) is 10.6. The van der Waals surface area contributed by atoms with Crippen LogP contribution >= 0.6 is 0 Å². The smallest absolute Gasteiger partial charge is 0.213 e. The van der Waals surface area contributed by atoms with E-state index in [0.717, 1.165) is 44.5 Å². The van der Waals surface area contributed by atoms with Crippen LogP contribution in [0.15, 0.2) is 10.9 Å². The summed E-state index contributed by atoms with van der Waals surface area (Å²) in [6, 6.07) is 0.542. The maximum absolute atomic E-state index is 9.34. The van der Waals surface area contributed by atoms with E-state index < -0.39 is 0 Å². The highest BCUT2D eigenvalue weighted by atomic mass is 16.5. The number of aliphatic hydroxyl groups excluding tert-OH is 1. The lowest BCUT2D eigenvalue weighted by atomic mass is 9.93. The van der Waals surface area contributed by atoms with E-state index in [9.17, 15) is 5.11 Å². The van der Waals surface area contributed by atoms with Crippen LogP contribution < -0.4 is 5.32 Å². The van der Waals surface area contributed by atoms with Gasteiger partial charge in [-0.2, -0.15) is 4.98 Å². The van der Waals surface area contributed by atoms with Gasteiger partial charge in [0.05, 0.1) is 6.10 Å². The van der Waals surface area contributed by atoms with E-state index in [1.165, 1.54) is 6.39 Å². The zero-order valence-electron chi connectivity index (χ0n) is 8.72. The highest BCUT2D eigenvalue weighted by Crippen LogP contribution is 2.17. The Morgan fingerprint density at radius 1 is 1.40 bits per heavy atom. The standard InChI is InChI=1S/C10H17N3O2/c14-9-3-1-8(2-4-9)11-6-5-10-12-7-15-13-10/h7-9,11,14H,1-6H2. The molecule has 0 amide bonds. The van der Waals surface area contributed by atoms with E-state index in [4.69, 9.17) is 0 Å². The minimum absolute atomic E-state index is 0.0831. The van der Waals surface area contributed by atoms with Crippen molar-refractivity contribution in [2.45, 2.75) is 44.2 Å². The molecule has 5 heteroatoms. The Labute approximate surface area is 88.9 Å². The van der Waals surface area contributed by atoms with Crippen LogP contribution in [0.2, 0.25) is 0 Å². The zero-order valence-corrected chi connectivity index (χ0v) is 8.72. The summed E-state index contributed by atoms with van der Waals surface area (Å²) < 4.78 is 4.65. The molecule has 1 aromatic rings. The van der Waals surface area contributed by atoms with Gasteiger partial charge in [0, 0.05) is 19.0 Å². The van der Waals surface area contributed by atoms with Crippen molar-refractivity contribution in [3.8, 4) is 0 Å². The monoisotopic (exact) mass is 211 g/mol. The highest BCUT2D eigenvalue weighted by molar-refractivity contribution is 4.81. The summed E-state index contributed by atoms with van der Waals surface area (Å²) in [7, 11) is 0. The second kappa shape index (κ2) is 5.23. The van der Waals surface area contributed by atoms with E-state index in [1.54, 1.807) is 0 Å². The van der Waals surface area contributed by atoms with Gasteiger partial charge in [0.2, 0.25) is 6.39 Å². The fourth-order valence-corrected chi connectivity index (χ4v) is 1.97. The van der Waals surface area contributed by atoms with Crippen LogP contribution in [0.25, 0.3) is 0 Å². The van der Waals surface area contributed by atoms with Crippen molar-refractivity contribution in [3.63, 3.8) is 0 Å². The zero-order chi connectivity index (χ0) is 10.5. The number of rotatable bonds is 4. The summed E-state index contributed by atoms with van der Waals surface area (Å²) in [5, 5.41) is 16.5. The molecular weight excluding hydrogens is 194 g/mol. The Morgan fingerprint density at radius 3 is 2.87 bits per heavy atom. The molecule has 15 heavy (non-hydrogen) atoms. The second-order valence-electron chi connectivity index (χ2n) is 4.06. The third kappa shape index (κ3) is 3.28. The molecule has 1 aliphatic carbocycles. The fraction of sp³-hybridized carbons (Fsp3) is 0.800. The lowest BCUT2D eigenvalue weighted by molar-refractivity contribution is 0.117. The Hall–Kier alpha value is -0.940. The van der Waals surface area contributed by atoms with E-state index in [0.29, 0.717) is 6.04 Å². The van der Waals surface area contributed by atoms with Gasteiger partial charge >= 0.3 is 0 Å². The van der Waals surface area contributed by atoms with Crippen LogP contribution in [-0.2, 0) is 6.42 Å². The topological polar surface area (TPSA) is 71.2 Å². The third-order valence-electron chi connectivity index (χ3n) is 2.89. The van der Waals surface area contributed by atoms with Gasteiger partial charge in [-0.25, -0.2) is 0 Å². The maximum atomic E-state index is 9.34. The minimum atomic E-state index is -0.0831. The number of nitrogens with zero attached hydrogens (tertiary/aromatic N) is 2. The highest BCUT2D eigenvalue weighted by Gasteiger charge is 2.18. The molecule has 1 heterocycles. The average Bonchev–Trinajstić information content (AvgIpc) is 2.74. The number of hydrogen-bond acceptors (Lipinski definition) is 5. The van der Waals surface area contributed by atoms with Gasteiger partial charge in [0.1, 0.15) is 0 Å². The molecule has 0 unspecified atom stereocenters. The minimum Gasteiger partial charge on any atom is -0.393 e. The number of hydrogen-bond donors (Lipinski definition) is 2. The number of aliphatic hydroxyl groups is 1. The quantitative estimate of drug-likeness (QED) is 0.759. The molecule has 5 nitrogen and oxygen atoms in total. The predicted octanol–water partition coefficient (Wildman–Crippen LogP) is 0.505. The van der Waals surface area contributed by atoms with Crippen LogP contribution in [0.5, 0.6) is 0 Å². The molecule has 2 N–H and O–H groups in total. The first-order valence-electron chi connectivity index (χ1n) is 5.51. The van der Waals surface area contributed by atoms with Crippen molar-refractivity contribution in [3.05, 3.63) is 12.2 Å². The Morgan fingerprint density at radius 2 is 2.20 bits per heavy atom. The Balaban J connectivity index is 1.62. The number of nitrogens with one attached hydrogen (secondary N) is 1. The van der Waals surface area contributed by atoms with Gasteiger partial charge in [-0.3, -0.25) is 0 Å². The van der Waals surface area contributed by atoms with Gasteiger partial charge in [-0.15, -0.1) is 0 Å². The Bertz CT molecular complexity index is 268. The molecule has 0 saturated heterocycles. The van der Waals surface area contributed by atoms with Gasteiger partial charge in [0.15, 0.2) is 5.82 Å². The first-order chi connectivity index (χ1) is 7.34. The van der Waals surface area contributed by atoms with Crippen LogP contribution in [-0.4, -0.2) is 33.9 Å². The molecule has 0 atom stereocenters. The lowest BCUT2D eigenvalue weighted by Gasteiger charge is -2.26. The summed E-state index contributed by atoms with van der Waals surface area (Å²) >= 11 is 0. The van der Waals surface area contributed by atoms with Gasteiger partial charge in [-0.05, 0) is 25.7 Å². The summed E-state index contributed by atoms with van der Waals surface area (Å²) in [6.45, 7) is 0.875. The second-order valence-corrected chi connectivity index (χ2v) is 4.06. The lowest BCUT2D eigenvalue weighted by Crippen LogP contribution is -2.35. The number of aromatic nitrogens is 2. The molecule has 84 valence electrons. The molecule has 0 aliphatic heterocycles. The SMILES string of the molecule is OC1CCC(NCCc2ncon2)CC1. The molecule has 0 bridgehead atoms. The first-order valence-corrected chi connectivity index (χ1v) is 5.51. The van der Waals surface area contributed by atoms with Crippen molar-refractivity contribution in [1.29, 1.82) is 0 Å². The fourth-order valence-electron chi connectivity index (χ4n) is 1.97. The average molecular weight is 211 g/mol. The van der Waals surface area contributed by atoms with E-state index in [-0.39, 0.29) is 6.10 Å². The predicted molar refractivity (Wildman–Crippen MR) is 54.3 cm³/mol. The summed E-state index contributed by atoms with van der Waals surface area (Å²) in [4.78, 5) is 3.95. The van der Waals surface area contributed by atoms with Crippen molar-refractivity contribution >= 4 is 0 Å². The summed E-state index contributed by atoms with van der Waals surface area (Å²) in [5.41, 5.74) is 0. The molecule has 1 aromatic heterocycles. The molecule has 0 spiro atoms. The summed E-state index contributed by atoms with van der Waals surface area (Å²) in [6.07, 6.45) is 6.03. The van der Waals surface area contributed by atoms with E-state index in [2.05, 4.69) is 20.0 Å². The van der Waals surface area contributed by atoms with Crippen molar-refractivity contribution < 1.29 is 9.63 Å². The molecule has 0 aromatic carbocycles. The van der Waals surface area contributed by atoms with Crippen LogP contribution in [0.4, 0.5) is 0 Å². The molecule has 1 fully saturated rings. The molecule has 1 saturated carbocycles. The van der Waals surface area contributed by atoms with E-state index >= 15 is 0 Å². The van der Waals surface area contributed by atoms with E-state index in [1.807, 2.05) is 0 Å². The Kier molecular flexibility index (Phi) is 3.69. The maximum Gasteiger partial charge on any atom is 0.213 e. The van der Waals surface area contributed by atoms with Crippen LogP contribution in [0.1, 0.15) is 31.5 Å². The van der Waals surface area contributed by atoms with Gasteiger partial charge in [0.25, 0.3) is 0 Å². The largest absolute Gasteiger partial charge is 0.393 e. The normalized spacial score (nSPS) is 26.7. The van der Waals surface area contributed by atoms with Crippen LogP contribution in [0, 0.1) is 0 Å². The molecule has 2 rings (SSSR count). The van der Waals surface area contributed by atoms with Crippen molar-refractivity contribution in [2.24, 2.45) is 0 Å². The van der Waals surface area contributed by atoms with Crippen molar-refractivity contribution in [1.82, 2.24) is 15.5 Å². The van der Waals surface area contributed by atoms with Gasteiger partial charge in [-0.1, -0.05) is 5.16 Å². The molecular formula is C10H17N3O2. The third-order valence-corrected chi connectivity index (χ3v) is 2.89. The molecule has 1 aliphatic rings. The van der Waals surface area contributed by atoms with Crippen molar-refractivity contribution in [2.75, 3.05) is 6.54 Å². The van der Waals surface area contributed by atoms with Crippen LogP contribution in [0.3, 0.4) is 0 Å². The molecule has 0 radical (unpaired) electrons.